The van der Waals surface area contributed by atoms with Crippen molar-refractivity contribution in [2.45, 2.75) is 45.6 Å². The first-order valence-electron chi connectivity index (χ1n) is 9.41. The maximum Gasteiger partial charge on any atom is 0.225 e. The van der Waals surface area contributed by atoms with E-state index < -0.39 is 0 Å². The second-order valence-electron chi connectivity index (χ2n) is 6.88. The predicted molar refractivity (Wildman–Crippen MR) is 104 cm³/mol. The number of aryl methyl sites for hydroxylation is 2. The third kappa shape index (κ3) is 5.01. The highest BCUT2D eigenvalue weighted by Gasteiger charge is 2.30. The largest absolute Gasteiger partial charge is 0.384 e. The van der Waals surface area contributed by atoms with E-state index in [1.807, 2.05) is 43.0 Å². The minimum atomic E-state index is -0.0889. The summed E-state index contributed by atoms with van der Waals surface area (Å²) in [5, 5.41) is 3.26. The van der Waals surface area contributed by atoms with Gasteiger partial charge in [0.05, 0.1) is 19.1 Å². The molecule has 1 atom stereocenters. The number of methoxy groups -OCH3 is 1. The molecule has 1 aliphatic heterocycles. The Balaban J connectivity index is 1.83. The van der Waals surface area contributed by atoms with Crippen LogP contribution in [0.1, 0.15) is 48.9 Å². The first kappa shape index (κ1) is 19.2. The summed E-state index contributed by atoms with van der Waals surface area (Å²) in [5.41, 5.74) is 1.80. The average Bonchev–Trinajstić information content (AvgIpc) is 2.65. The second kappa shape index (κ2) is 8.90. The number of ether oxygens (including phenoxy) is 1. The van der Waals surface area contributed by atoms with E-state index >= 15 is 0 Å². The molecule has 1 saturated heterocycles. The maximum atomic E-state index is 12.6. The molecule has 2 aromatic heterocycles. The number of anilines is 2. The molecule has 7 nitrogen and oxygen atoms in total. The standard InChI is InChI=1S/C20H27N5O2/c1-14-7-6-9-17(21-14)23-18-13-15(2)22-20(24-18)16-8-4-5-11-25(16)19(26)10-12-27-3/h6-7,9,13,16H,4-5,8,10-12H2,1-3H3,(H,21,22,23,24)/t16-/m0/s1. The normalized spacial score (nSPS) is 17.0. The van der Waals surface area contributed by atoms with E-state index in [0.29, 0.717) is 24.7 Å². The van der Waals surface area contributed by atoms with Crippen molar-refractivity contribution in [3.05, 3.63) is 41.5 Å². The van der Waals surface area contributed by atoms with Gasteiger partial charge in [-0.25, -0.2) is 15.0 Å². The van der Waals surface area contributed by atoms with Crippen molar-refractivity contribution < 1.29 is 9.53 Å². The summed E-state index contributed by atoms with van der Waals surface area (Å²) < 4.78 is 5.06. The number of amides is 1. The number of likely N-dealkylation sites (tertiary alicyclic amines) is 1. The molecule has 0 aromatic carbocycles. The number of nitrogens with one attached hydrogen (secondary N) is 1. The molecule has 0 aliphatic carbocycles. The summed E-state index contributed by atoms with van der Waals surface area (Å²) in [6.45, 7) is 5.07. The van der Waals surface area contributed by atoms with Crippen molar-refractivity contribution in [1.29, 1.82) is 0 Å². The Morgan fingerprint density at radius 1 is 1.19 bits per heavy atom. The van der Waals surface area contributed by atoms with Gasteiger partial charge in [0.25, 0.3) is 0 Å². The lowest BCUT2D eigenvalue weighted by atomic mass is 10.0. The van der Waals surface area contributed by atoms with E-state index in [9.17, 15) is 4.79 Å². The number of aromatic nitrogens is 3. The van der Waals surface area contributed by atoms with Crippen LogP contribution in [0.2, 0.25) is 0 Å². The number of nitrogens with zero attached hydrogens (tertiary/aromatic N) is 4. The molecule has 7 heteroatoms. The van der Waals surface area contributed by atoms with Crippen LogP contribution >= 0.6 is 0 Å². The summed E-state index contributed by atoms with van der Waals surface area (Å²) in [6.07, 6.45) is 3.35. The van der Waals surface area contributed by atoms with Gasteiger partial charge in [-0.15, -0.1) is 0 Å². The van der Waals surface area contributed by atoms with Crippen LogP contribution in [0.5, 0.6) is 0 Å². The van der Waals surface area contributed by atoms with E-state index in [-0.39, 0.29) is 11.9 Å². The molecular weight excluding hydrogens is 342 g/mol. The molecule has 1 N–H and O–H groups in total. The zero-order valence-electron chi connectivity index (χ0n) is 16.2. The Labute approximate surface area is 160 Å². The first-order chi connectivity index (χ1) is 13.1. The van der Waals surface area contributed by atoms with Gasteiger partial charge in [-0.05, 0) is 45.2 Å². The third-order valence-corrected chi connectivity index (χ3v) is 4.66. The van der Waals surface area contributed by atoms with Gasteiger partial charge < -0.3 is 15.0 Å². The minimum Gasteiger partial charge on any atom is -0.384 e. The molecule has 1 aliphatic rings. The van der Waals surface area contributed by atoms with Gasteiger partial charge in [0.15, 0.2) is 5.82 Å². The number of carbonyl (C=O) groups is 1. The fourth-order valence-corrected chi connectivity index (χ4v) is 3.38. The number of hydrogen-bond donors (Lipinski definition) is 1. The van der Waals surface area contributed by atoms with Crippen molar-refractivity contribution >= 4 is 17.5 Å². The van der Waals surface area contributed by atoms with Crippen LogP contribution in [0.15, 0.2) is 24.3 Å². The third-order valence-electron chi connectivity index (χ3n) is 4.66. The van der Waals surface area contributed by atoms with Crippen LogP contribution in [0.25, 0.3) is 0 Å². The summed E-state index contributed by atoms with van der Waals surface area (Å²) in [6, 6.07) is 7.62. The molecule has 1 fully saturated rings. The van der Waals surface area contributed by atoms with Gasteiger partial charge in [0.1, 0.15) is 11.6 Å². The highest BCUT2D eigenvalue weighted by Crippen LogP contribution is 2.30. The number of carbonyl (C=O) groups excluding carboxylic acids is 1. The number of rotatable bonds is 6. The highest BCUT2D eigenvalue weighted by atomic mass is 16.5. The number of pyridine rings is 1. The topological polar surface area (TPSA) is 80.2 Å². The van der Waals surface area contributed by atoms with Crippen molar-refractivity contribution in [2.75, 3.05) is 25.6 Å². The van der Waals surface area contributed by atoms with Gasteiger partial charge in [0.2, 0.25) is 5.91 Å². The molecule has 2 aromatic rings. The lowest BCUT2D eigenvalue weighted by Gasteiger charge is -2.35. The summed E-state index contributed by atoms with van der Waals surface area (Å²) in [5.74, 6) is 2.23. The van der Waals surface area contributed by atoms with Gasteiger partial charge in [-0.2, -0.15) is 0 Å². The first-order valence-corrected chi connectivity index (χ1v) is 9.41. The fraction of sp³-hybridized carbons (Fsp3) is 0.500. The number of piperidine rings is 1. The molecular formula is C20H27N5O2. The molecule has 0 unspecified atom stereocenters. The predicted octanol–water partition coefficient (Wildman–Crippen LogP) is 3.32. The Kier molecular flexibility index (Phi) is 6.34. The van der Waals surface area contributed by atoms with Gasteiger partial charge >= 0.3 is 0 Å². The lowest BCUT2D eigenvalue weighted by Crippen LogP contribution is -2.39. The smallest absolute Gasteiger partial charge is 0.225 e. The summed E-state index contributed by atoms with van der Waals surface area (Å²) in [4.78, 5) is 28.3. The highest BCUT2D eigenvalue weighted by molar-refractivity contribution is 5.76. The minimum absolute atomic E-state index is 0.0889. The molecule has 0 radical (unpaired) electrons. The van der Waals surface area contributed by atoms with Crippen LogP contribution in [0, 0.1) is 13.8 Å². The maximum absolute atomic E-state index is 12.6. The number of hydrogen-bond acceptors (Lipinski definition) is 6. The Hall–Kier alpha value is -2.54. The Bertz CT molecular complexity index is 796. The monoisotopic (exact) mass is 369 g/mol. The van der Waals surface area contributed by atoms with Gasteiger partial charge in [0, 0.05) is 31.1 Å². The van der Waals surface area contributed by atoms with E-state index in [0.717, 1.165) is 43.0 Å². The van der Waals surface area contributed by atoms with Crippen LogP contribution in [0.4, 0.5) is 11.6 Å². The van der Waals surface area contributed by atoms with Crippen LogP contribution < -0.4 is 5.32 Å². The quantitative estimate of drug-likeness (QED) is 0.841. The van der Waals surface area contributed by atoms with Gasteiger partial charge in [-0.1, -0.05) is 6.07 Å². The summed E-state index contributed by atoms with van der Waals surface area (Å²) >= 11 is 0. The fourth-order valence-electron chi connectivity index (χ4n) is 3.38. The molecule has 1 amide bonds. The molecule has 3 rings (SSSR count). The zero-order chi connectivity index (χ0) is 19.2. The SMILES string of the molecule is COCCC(=O)N1CCCC[C@H]1c1nc(C)cc(Nc2cccc(C)n2)n1. The molecule has 0 bridgehead atoms. The van der Waals surface area contributed by atoms with E-state index in [1.165, 1.54) is 0 Å². The second-order valence-corrected chi connectivity index (χ2v) is 6.88. The van der Waals surface area contributed by atoms with E-state index in [1.54, 1.807) is 7.11 Å². The van der Waals surface area contributed by atoms with Crippen molar-refractivity contribution in [2.24, 2.45) is 0 Å². The molecule has 3 heterocycles. The Morgan fingerprint density at radius 2 is 2.04 bits per heavy atom. The van der Waals surface area contributed by atoms with Crippen molar-refractivity contribution in [1.82, 2.24) is 19.9 Å². The van der Waals surface area contributed by atoms with Gasteiger partial charge in [-0.3, -0.25) is 4.79 Å². The van der Waals surface area contributed by atoms with Crippen LogP contribution in [-0.4, -0.2) is 46.0 Å². The zero-order valence-corrected chi connectivity index (χ0v) is 16.2. The van der Waals surface area contributed by atoms with Crippen molar-refractivity contribution in [3.63, 3.8) is 0 Å². The molecule has 27 heavy (non-hydrogen) atoms. The average molecular weight is 369 g/mol. The molecule has 0 saturated carbocycles. The Morgan fingerprint density at radius 3 is 2.81 bits per heavy atom. The summed E-state index contributed by atoms with van der Waals surface area (Å²) in [7, 11) is 1.61. The van der Waals surface area contributed by atoms with E-state index in [2.05, 4.69) is 15.3 Å². The van der Waals surface area contributed by atoms with E-state index in [4.69, 9.17) is 9.72 Å². The van der Waals surface area contributed by atoms with Crippen LogP contribution in [0.3, 0.4) is 0 Å². The van der Waals surface area contributed by atoms with Crippen LogP contribution in [-0.2, 0) is 9.53 Å². The lowest BCUT2D eigenvalue weighted by molar-refractivity contribution is -0.136. The van der Waals surface area contributed by atoms with Crippen molar-refractivity contribution in [3.8, 4) is 0 Å². The molecule has 144 valence electrons. The molecule has 0 spiro atoms.